The van der Waals surface area contributed by atoms with Crippen LogP contribution in [0.3, 0.4) is 0 Å². The summed E-state index contributed by atoms with van der Waals surface area (Å²) in [5.41, 5.74) is 8.89. The lowest BCUT2D eigenvalue weighted by atomic mass is 10.1. The first kappa shape index (κ1) is 15.4. The monoisotopic (exact) mass is 347 g/mol. The van der Waals surface area contributed by atoms with Crippen LogP contribution in [0.25, 0.3) is 0 Å². The van der Waals surface area contributed by atoms with Gasteiger partial charge >= 0.3 is 0 Å². The van der Waals surface area contributed by atoms with E-state index in [1.54, 1.807) is 18.2 Å². The average Bonchev–Trinajstić information content (AvgIpc) is 2.45. The fourth-order valence-electron chi connectivity index (χ4n) is 2.01. The van der Waals surface area contributed by atoms with Crippen molar-refractivity contribution in [2.75, 3.05) is 17.6 Å². The van der Waals surface area contributed by atoms with Gasteiger partial charge in [0, 0.05) is 28.9 Å². The molecule has 2 aromatic rings. The predicted molar refractivity (Wildman–Crippen MR) is 90.3 cm³/mol. The van der Waals surface area contributed by atoms with E-state index in [-0.39, 0.29) is 5.91 Å². The van der Waals surface area contributed by atoms with Crippen molar-refractivity contribution in [3.8, 4) is 0 Å². The third-order valence-corrected chi connectivity index (χ3v) is 3.49. The smallest absolute Gasteiger partial charge is 0.253 e. The Morgan fingerprint density at radius 3 is 2.76 bits per heavy atom. The van der Waals surface area contributed by atoms with Crippen LogP contribution in [0.4, 0.5) is 11.4 Å². The van der Waals surface area contributed by atoms with Crippen LogP contribution in [-0.4, -0.2) is 12.5 Å². The number of hydrogen-bond donors (Lipinski definition) is 3. The van der Waals surface area contributed by atoms with Gasteiger partial charge in [0.15, 0.2) is 0 Å². The molecule has 0 heterocycles. The van der Waals surface area contributed by atoms with Crippen LogP contribution >= 0.6 is 15.9 Å². The van der Waals surface area contributed by atoms with E-state index in [2.05, 4.69) is 26.6 Å². The fourth-order valence-corrected chi connectivity index (χ4v) is 2.45. The number of anilines is 2. The second-order valence-electron chi connectivity index (χ2n) is 4.65. The molecule has 0 saturated heterocycles. The lowest BCUT2D eigenvalue weighted by molar-refractivity contribution is 0.0956. The standard InChI is InChI=1S/C16H18BrN3O/c1-2-19-16(21)14-7-6-13(18)9-15(14)20-10-11-4-3-5-12(17)8-11/h3-9,20H,2,10,18H2,1H3,(H,19,21). The Bertz CT molecular complexity index is 643. The van der Waals surface area contributed by atoms with Crippen LogP contribution in [-0.2, 0) is 6.54 Å². The van der Waals surface area contributed by atoms with Gasteiger partial charge in [0.05, 0.1) is 5.56 Å². The zero-order valence-corrected chi connectivity index (χ0v) is 13.4. The molecule has 4 N–H and O–H groups in total. The van der Waals surface area contributed by atoms with Gasteiger partial charge in [0.2, 0.25) is 0 Å². The van der Waals surface area contributed by atoms with Crippen molar-refractivity contribution >= 4 is 33.2 Å². The summed E-state index contributed by atoms with van der Waals surface area (Å²) in [7, 11) is 0. The Morgan fingerprint density at radius 1 is 1.24 bits per heavy atom. The zero-order chi connectivity index (χ0) is 15.2. The fraction of sp³-hybridized carbons (Fsp3) is 0.188. The normalized spacial score (nSPS) is 10.2. The third kappa shape index (κ3) is 4.23. The van der Waals surface area contributed by atoms with Gasteiger partial charge in [-0.1, -0.05) is 28.1 Å². The minimum absolute atomic E-state index is 0.103. The Morgan fingerprint density at radius 2 is 2.05 bits per heavy atom. The minimum Gasteiger partial charge on any atom is -0.399 e. The SMILES string of the molecule is CCNC(=O)c1ccc(N)cc1NCc1cccc(Br)c1. The van der Waals surface area contributed by atoms with Crippen molar-refractivity contribution in [2.45, 2.75) is 13.5 Å². The van der Waals surface area contributed by atoms with E-state index >= 15 is 0 Å². The molecule has 5 heteroatoms. The summed E-state index contributed by atoms with van der Waals surface area (Å²) in [6, 6.07) is 13.3. The van der Waals surface area contributed by atoms with E-state index in [4.69, 9.17) is 5.73 Å². The highest BCUT2D eigenvalue weighted by atomic mass is 79.9. The van der Waals surface area contributed by atoms with Crippen molar-refractivity contribution in [3.63, 3.8) is 0 Å². The van der Waals surface area contributed by atoms with Crippen molar-refractivity contribution in [3.05, 3.63) is 58.1 Å². The lowest BCUT2D eigenvalue weighted by Gasteiger charge is -2.13. The van der Waals surface area contributed by atoms with Gasteiger partial charge in [-0.3, -0.25) is 4.79 Å². The van der Waals surface area contributed by atoms with E-state index in [9.17, 15) is 4.79 Å². The van der Waals surface area contributed by atoms with Crippen LogP contribution in [0.5, 0.6) is 0 Å². The molecule has 0 radical (unpaired) electrons. The molecule has 2 aromatic carbocycles. The molecule has 0 aromatic heterocycles. The molecular formula is C16H18BrN3O. The Balaban J connectivity index is 2.18. The Kier molecular flexibility index (Phi) is 5.22. The number of nitrogens with two attached hydrogens (primary N) is 1. The number of halogens is 1. The van der Waals surface area contributed by atoms with Gasteiger partial charge in [-0.2, -0.15) is 0 Å². The second-order valence-corrected chi connectivity index (χ2v) is 5.56. The topological polar surface area (TPSA) is 67.2 Å². The molecular weight excluding hydrogens is 330 g/mol. The Hall–Kier alpha value is -2.01. The largest absolute Gasteiger partial charge is 0.399 e. The first-order chi connectivity index (χ1) is 10.1. The maximum absolute atomic E-state index is 12.0. The number of hydrogen-bond acceptors (Lipinski definition) is 3. The molecule has 0 aliphatic heterocycles. The summed E-state index contributed by atoms with van der Waals surface area (Å²) < 4.78 is 1.03. The summed E-state index contributed by atoms with van der Waals surface area (Å²) in [6.45, 7) is 3.10. The van der Waals surface area contributed by atoms with E-state index < -0.39 is 0 Å². The van der Waals surface area contributed by atoms with Crippen LogP contribution in [0, 0.1) is 0 Å². The maximum Gasteiger partial charge on any atom is 0.253 e. The molecule has 0 fully saturated rings. The predicted octanol–water partition coefficient (Wildman–Crippen LogP) is 3.39. The molecule has 0 bridgehead atoms. The van der Waals surface area contributed by atoms with E-state index in [0.717, 1.165) is 15.7 Å². The summed E-state index contributed by atoms with van der Waals surface area (Å²) in [5, 5.41) is 6.08. The molecule has 2 rings (SSSR count). The highest BCUT2D eigenvalue weighted by Gasteiger charge is 2.10. The zero-order valence-electron chi connectivity index (χ0n) is 11.8. The molecule has 21 heavy (non-hydrogen) atoms. The van der Waals surface area contributed by atoms with Crippen LogP contribution in [0.1, 0.15) is 22.8 Å². The van der Waals surface area contributed by atoms with Gasteiger partial charge in [0.25, 0.3) is 5.91 Å². The summed E-state index contributed by atoms with van der Waals surface area (Å²) in [4.78, 5) is 12.0. The van der Waals surface area contributed by atoms with Crippen LogP contribution in [0.15, 0.2) is 46.9 Å². The third-order valence-electron chi connectivity index (χ3n) is 3.00. The van der Waals surface area contributed by atoms with E-state index in [1.165, 1.54) is 0 Å². The minimum atomic E-state index is -0.103. The molecule has 4 nitrogen and oxygen atoms in total. The molecule has 110 valence electrons. The van der Waals surface area contributed by atoms with Gasteiger partial charge in [-0.25, -0.2) is 0 Å². The van der Waals surface area contributed by atoms with Crippen LogP contribution < -0.4 is 16.4 Å². The Labute approximate surface area is 132 Å². The van der Waals surface area contributed by atoms with Gasteiger partial charge in [0.1, 0.15) is 0 Å². The molecule has 0 atom stereocenters. The molecule has 0 saturated carbocycles. The highest BCUT2D eigenvalue weighted by Crippen LogP contribution is 2.21. The quantitative estimate of drug-likeness (QED) is 0.726. The molecule has 1 amide bonds. The first-order valence-corrected chi connectivity index (χ1v) is 7.55. The van der Waals surface area contributed by atoms with Gasteiger partial charge < -0.3 is 16.4 Å². The van der Waals surface area contributed by atoms with Gasteiger partial charge in [-0.05, 0) is 42.8 Å². The number of amides is 1. The van der Waals surface area contributed by atoms with E-state index in [1.807, 2.05) is 31.2 Å². The van der Waals surface area contributed by atoms with E-state index in [0.29, 0.717) is 24.3 Å². The summed E-state index contributed by atoms with van der Waals surface area (Å²) in [5.74, 6) is -0.103. The highest BCUT2D eigenvalue weighted by molar-refractivity contribution is 9.10. The summed E-state index contributed by atoms with van der Waals surface area (Å²) in [6.07, 6.45) is 0. The lowest BCUT2D eigenvalue weighted by Crippen LogP contribution is -2.23. The maximum atomic E-state index is 12.0. The van der Waals surface area contributed by atoms with Crippen LogP contribution in [0.2, 0.25) is 0 Å². The molecule has 0 spiro atoms. The number of carbonyl (C=O) groups excluding carboxylic acids is 1. The number of rotatable bonds is 5. The van der Waals surface area contributed by atoms with Crippen molar-refractivity contribution in [1.82, 2.24) is 5.32 Å². The number of benzene rings is 2. The van der Waals surface area contributed by atoms with Gasteiger partial charge in [-0.15, -0.1) is 0 Å². The first-order valence-electron chi connectivity index (χ1n) is 6.76. The summed E-state index contributed by atoms with van der Waals surface area (Å²) >= 11 is 3.45. The molecule has 0 unspecified atom stereocenters. The van der Waals surface area contributed by atoms with Crippen molar-refractivity contribution in [1.29, 1.82) is 0 Å². The van der Waals surface area contributed by atoms with Crippen molar-refractivity contribution in [2.24, 2.45) is 0 Å². The number of nitrogens with one attached hydrogen (secondary N) is 2. The second kappa shape index (κ2) is 7.13. The number of carbonyl (C=O) groups is 1. The van der Waals surface area contributed by atoms with Crippen molar-refractivity contribution < 1.29 is 4.79 Å². The number of nitrogen functional groups attached to an aromatic ring is 1. The molecule has 0 aliphatic rings. The average molecular weight is 348 g/mol. The molecule has 0 aliphatic carbocycles.